The zero-order valence-corrected chi connectivity index (χ0v) is 12.4. The fourth-order valence-electron chi connectivity index (χ4n) is 2.74. The zero-order chi connectivity index (χ0) is 15.7. The minimum atomic E-state index is -0.387. The highest BCUT2D eigenvalue weighted by Crippen LogP contribution is 2.30. The Labute approximate surface area is 132 Å². The van der Waals surface area contributed by atoms with Crippen LogP contribution in [0.4, 0.5) is 11.4 Å². The molecule has 2 aromatic rings. The third-order valence-corrected chi connectivity index (χ3v) is 4.07. The van der Waals surface area contributed by atoms with Crippen LogP contribution in [0.5, 0.6) is 0 Å². The molecule has 0 aliphatic carbocycles. The van der Waals surface area contributed by atoms with Crippen LogP contribution < -0.4 is 4.90 Å². The lowest BCUT2D eigenvalue weighted by atomic mass is 9.98. The second-order valence-electron chi connectivity index (χ2n) is 5.15. The summed E-state index contributed by atoms with van der Waals surface area (Å²) in [6.45, 7) is 1.31. The van der Waals surface area contributed by atoms with Crippen molar-refractivity contribution in [2.45, 2.75) is 13.0 Å². The number of nitro groups is 1. The first-order valence-electron chi connectivity index (χ1n) is 6.79. The molecule has 6 heteroatoms. The first kappa shape index (κ1) is 14.4. The summed E-state index contributed by atoms with van der Waals surface area (Å²) in [5, 5.41) is 20.7. The molecule has 0 unspecified atom stereocenters. The largest absolute Gasteiger partial charge is 0.366 e. The molecule has 2 aromatic carbocycles. The SMILES string of the molecule is N#Cc1cc(Cl)ccc1N1CCc2ccc([N+](=O)[O-])cc2C1. The van der Waals surface area contributed by atoms with E-state index in [1.807, 2.05) is 12.1 Å². The number of halogens is 1. The van der Waals surface area contributed by atoms with Crippen LogP contribution in [-0.2, 0) is 13.0 Å². The van der Waals surface area contributed by atoms with Crippen molar-refractivity contribution in [3.05, 3.63) is 68.2 Å². The molecule has 1 aliphatic rings. The van der Waals surface area contributed by atoms with E-state index in [-0.39, 0.29) is 10.6 Å². The zero-order valence-electron chi connectivity index (χ0n) is 11.6. The average Bonchev–Trinajstić information content (AvgIpc) is 2.53. The molecule has 0 aromatic heterocycles. The maximum atomic E-state index is 10.9. The van der Waals surface area contributed by atoms with Crippen molar-refractivity contribution in [3.63, 3.8) is 0 Å². The number of rotatable bonds is 2. The van der Waals surface area contributed by atoms with Crippen LogP contribution in [0.3, 0.4) is 0 Å². The monoisotopic (exact) mass is 313 g/mol. The second kappa shape index (κ2) is 5.66. The Morgan fingerprint density at radius 2 is 2.05 bits per heavy atom. The molecule has 0 spiro atoms. The molecule has 0 radical (unpaired) electrons. The van der Waals surface area contributed by atoms with E-state index in [1.54, 1.807) is 18.2 Å². The van der Waals surface area contributed by atoms with Gasteiger partial charge in [0.05, 0.1) is 16.2 Å². The van der Waals surface area contributed by atoms with Crippen LogP contribution in [-0.4, -0.2) is 11.5 Å². The summed E-state index contributed by atoms with van der Waals surface area (Å²) in [6, 6.07) is 12.3. The molecule has 5 nitrogen and oxygen atoms in total. The van der Waals surface area contributed by atoms with E-state index in [9.17, 15) is 15.4 Å². The predicted molar refractivity (Wildman–Crippen MR) is 84.0 cm³/mol. The van der Waals surface area contributed by atoms with E-state index in [2.05, 4.69) is 11.0 Å². The molecule has 3 rings (SSSR count). The van der Waals surface area contributed by atoms with Crippen molar-refractivity contribution in [2.24, 2.45) is 0 Å². The average molecular weight is 314 g/mol. The van der Waals surface area contributed by atoms with Gasteiger partial charge in [-0.2, -0.15) is 5.26 Å². The minimum absolute atomic E-state index is 0.0946. The summed E-state index contributed by atoms with van der Waals surface area (Å²) in [5.41, 5.74) is 3.47. The number of benzene rings is 2. The van der Waals surface area contributed by atoms with Gasteiger partial charge in [-0.25, -0.2) is 0 Å². The normalized spacial score (nSPS) is 13.4. The topological polar surface area (TPSA) is 70.2 Å². The Balaban J connectivity index is 1.96. The van der Waals surface area contributed by atoms with Crippen molar-refractivity contribution in [1.82, 2.24) is 0 Å². The number of nitriles is 1. The molecule has 0 N–H and O–H groups in total. The highest BCUT2D eigenvalue weighted by Gasteiger charge is 2.21. The quantitative estimate of drug-likeness (QED) is 0.626. The Hall–Kier alpha value is -2.58. The van der Waals surface area contributed by atoms with Gasteiger partial charge in [0.1, 0.15) is 6.07 Å². The van der Waals surface area contributed by atoms with Crippen LogP contribution in [0.15, 0.2) is 36.4 Å². The molecule has 0 bridgehead atoms. The number of nitro benzene ring substituents is 1. The van der Waals surface area contributed by atoms with E-state index in [1.165, 1.54) is 6.07 Å². The minimum Gasteiger partial charge on any atom is -0.366 e. The maximum Gasteiger partial charge on any atom is 0.269 e. The highest BCUT2D eigenvalue weighted by atomic mass is 35.5. The van der Waals surface area contributed by atoms with Gasteiger partial charge in [-0.1, -0.05) is 17.7 Å². The molecule has 1 heterocycles. The first-order chi connectivity index (χ1) is 10.6. The number of fused-ring (bicyclic) bond motifs is 1. The number of hydrogen-bond donors (Lipinski definition) is 0. The standard InChI is InChI=1S/C16H12ClN3O2/c17-14-2-4-16(12(7-14)9-18)19-6-5-11-1-3-15(20(21)22)8-13(11)10-19/h1-4,7-8H,5-6,10H2. The van der Waals surface area contributed by atoms with E-state index >= 15 is 0 Å². The smallest absolute Gasteiger partial charge is 0.269 e. The van der Waals surface area contributed by atoms with E-state index in [0.29, 0.717) is 17.1 Å². The van der Waals surface area contributed by atoms with Crippen LogP contribution in [0.25, 0.3) is 0 Å². The van der Waals surface area contributed by atoms with Gasteiger partial charge >= 0.3 is 0 Å². The summed E-state index contributed by atoms with van der Waals surface area (Å²) >= 11 is 5.93. The molecule has 0 saturated carbocycles. The van der Waals surface area contributed by atoms with Crippen LogP contribution >= 0.6 is 11.6 Å². The predicted octanol–water partition coefficient (Wildman–Crippen LogP) is 3.68. The number of nitrogens with zero attached hydrogens (tertiary/aromatic N) is 3. The van der Waals surface area contributed by atoms with Crippen LogP contribution in [0.2, 0.25) is 5.02 Å². The molecule has 0 fully saturated rings. The third kappa shape index (κ3) is 2.61. The lowest BCUT2D eigenvalue weighted by Crippen LogP contribution is -2.30. The number of hydrogen-bond acceptors (Lipinski definition) is 4. The maximum absolute atomic E-state index is 10.9. The Morgan fingerprint density at radius 1 is 1.23 bits per heavy atom. The van der Waals surface area contributed by atoms with E-state index < -0.39 is 0 Å². The van der Waals surface area contributed by atoms with Gasteiger partial charge < -0.3 is 4.90 Å². The van der Waals surface area contributed by atoms with Gasteiger partial charge in [0.2, 0.25) is 0 Å². The molecule has 1 aliphatic heterocycles. The summed E-state index contributed by atoms with van der Waals surface area (Å²) in [5.74, 6) is 0. The molecule has 22 heavy (non-hydrogen) atoms. The Kier molecular flexibility index (Phi) is 3.70. The van der Waals surface area contributed by atoms with Crippen molar-refractivity contribution >= 4 is 23.0 Å². The molecule has 0 atom stereocenters. The first-order valence-corrected chi connectivity index (χ1v) is 7.17. The van der Waals surface area contributed by atoms with Gasteiger partial charge in [-0.15, -0.1) is 0 Å². The highest BCUT2D eigenvalue weighted by molar-refractivity contribution is 6.30. The number of non-ortho nitro benzene ring substituents is 1. The summed E-state index contributed by atoms with van der Waals surface area (Å²) in [4.78, 5) is 12.6. The lowest BCUT2D eigenvalue weighted by Gasteiger charge is -2.31. The second-order valence-corrected chi connectivity index (χ2v) is 5.59. The van der Waals surface area contributed by atoms with Gasteiger partial charge in [0, 0.05) is 30.2 Å². The summed E-state index contributed by atoms with van der Waals surface area (Å²) < 4.78 is 0. The number of anilines is 1. The van der Waals surface area contributed by atoms with E-state index in [0.717, 1.165) is 29.8 Å². The third-order valence-electron chi connectivity index (χ3n) is 3.83. The van der Waals surface area contributed by atoms with Crippen LogP contribution in [0, 0.1) is 21.4 Å². The summed E-state index contributed by atoms with van der Waals surface area (Å²) in [6.07, 6.45) is 0.792. The van der Waals surface area contributed by atoms with Crippen molar-refractivity contribution in [2.75, 3.05) is 11.4 Å². The van der Waals surface area contributed by atoms with Crippen LogP contribution in [0.1, 0.15) is 16.7 Å². The van der Waals surface area contributed by atoms with Gasteiger partial charge in [0.25, 0.3) is 5.69 Å². The molecule has 0 saturated heterocycles. The van der Waals surface area contributed by atoms with Gasteiger partial charge in [-0.3, -0.25) is 10.1 Å². The van der Waals surface area contributed by atoms with Crippen molar-refractivity contribution in [1.29, 1.82) is 5.26 Å². The molecular formula is C16H12ClN3O2. The molecular weight excluding hydrogens is 302 g/mol. The van der Waals surface area contributed by atoms with Crippen molar-refractivity contribution < 1.29 is 4.92 Å². The van der Waals surface area contributed by atoms with Gasteiger partial charge in [0.15, 0.2) is 0 Å². The fraction of sp³-hybridized carbons (Fsp3) is 0.188. The van der Waals surface area contributed by atoms with Gasteiger partial charge in [-0.05, 0) is 35.7 Å². The lowest BCUT2D eigenvalue weighted by molar-refractivity contribution is -0.384. The molecule has 0 amide bonds. The fourth-order valence-corrected chi connectivity index (χ4v) is 2.91. The van der Waals surface area contributed by atoms with E-state index in [4.69, 9.17) is 11.6 Å². The Bertz CT molecular complexity index is 798. The Morgan fingerprint density at radius 3 is 2.77 bits per heavy atom. The van der Waals surface area contributed by atoms with Crippen molar-refractivity contribution in [3.8, 4) is 6.07 Å². The summed E-state index contributed by atoms with van der Waals surface area (Å²) in [7, 11) is 0. The molecule has 110 valence electrons.